The molecule has 7 nitrogen and oxygen atoms in total. The first-order chi connectivity index (χ1) is 12.2. The first kappa shape index (κ1) is 15.6. The van der Waals surface area contributed by atoms with Gasteiger partial charge in [0.2, 0.25) is 0 Å². The third-order valence-electron chi connectivity index (χ3n) is 4.61. The number of aromatic amines is 1. The molecule has 0 aliphatic carbocycles. The molecule has 2 N–H and O–H groups in total. The van der Waals surface area contributed by atoms with E-state index in [2.05, 4.69) is 25.3 Å². The number of aromatic nitrogens is 4. The zero-order chi connectivity index (χ0) is 17.4. The van der Waals surface area contributed by atoms with Crippen LogP contribution in [0.4, 0.5) is 5.82 Å². The molecule has 1 unspecified atom stereocenters. The van der Waals surface area contributed by atoms with Gasteiger partial charge in [0.25, 0.3) is 5.91 Å². The molecule has 2 aromatic heterocycles. The summed E-state index contributed by atoms with van der Waals surface area (Å²) in [4.78, 5) is 31.3. The number of H-pyrrole nitrogens is 1. The second kappa shape index (κ2) is 6.16. The van der Waals surface area contributed by atoms with Gasteiger partial charge in [0.1, 0.15) is 11.6 Å². The molecular formula is C18H20N6O. The third-order valence-corrected chi connectivity index (χ3v) is 4.61. The number of nitrogens with zero attached hydrogens (tertiary/aromatic N) is 4. The lowest BCUT2D eigenvalue weighted by Gasteiger charge is -2.24. The van der Waals surface area contributed by atoms with Crippen molar-refractivity contribution in [3.63, 3.8) is 0 Å². The summed E-state index contributed by atoms with van der Waals surface area (Å²) in [6.07, 6.45) is 5.30. The first-order valence-corrected chi connectivity index (χ1v) is 8.43. The molecule has 1 aromatic carbocycles. The molecule has 128 valence electrons. The fourth-order valence-electron chi connectivity index (χ4n) is 3.42. The molecule has 0 radical (unpaired) electrons. The zero-order valence-electron chi connectivity index (χ0n) is 14.3. The smallest absolute Gasteiger partial charge is 0.254 e. The van der Waals surface area contributed by atoms with Gasteiger partial charge in [-0.1, -0.05) is 0 Å². The fourth-order valence-corrected chi connectivity index (χ4v) is 3.42. The molecule has 0 bridgehead atoms. The summed E-state index contributed by atoms with van der Waals surface area (Å²) >= 11 is 0. The fraction of sp³-hybridized carbons (Fsp3) is 0.333. The second-order valence-corrected chi connectivity index (χ2v) is 6.29. The minimum Gasteiger partial charge on any atom is -0.372 e. The van der Waals surface area contributed by atoms with Gasteiger partial charge in [-0.2, -0.15) is 0 Å². The van der Waals surface area contributed by atoms with Crippen molar-refractivity contribution in [2.75, 3.05) is 18.9 Å². The van der Waals surface area contributed by atoms with Crippen LogP contribution in [0.3, 0.4) is 0 Å². The second-order valence-electron chi connectivity index (χ2n) is 6.29. The highest BCUT2D eigenvalue weighted by molar-refractivity contribution is 5.97. The predicted molar refractivity (Wildman–Crippen MR) is 95.4 cm³/mol. The maximum absolute atomic E-state index is 13.1. The first-order valence-electron chi connectivity index (χ1n) is 8.43. The Bertz CT molecular complexity index is 934. The number of carbonyl (C=O) groups excluding carboxylic acids is 1. The maximum Gasteiger partial charge on any atom is 0.254 e. The highest BCUT2D eigenvalue weighted by Gasteiger charge is 2.32. The Morgan fingerprint density at radius 3 is 3.04 bits per heavy atom. The largest absolute Gasteiger partial charge is 0.372 e. The van der Waals surface area contributed by atoms with E-state index in [1.807, 2.05) is 37.1 Å². The van der Waals surface area contributed by atoms with Crippen LogP contribution < -0.4 is 5.32 Å². The summed E-state index contributed by atoms with van der Waals surface area (Å²) in [6.45, 7) is 2.64. The van der Waals surface area contributed by atoms with Crippen LogP contribution >= 0.6 is 0 Å². The summed E-state index contributed by atoms with van der Waals surface area (Å²) in [5.41, 5.74) is 3.26. The Morgan fingerprint density at radius 1 is 1.32 bits per heavy atom. The molecule has 1 amide bonds. The van der Waals surface area contributed by atoms with E-state index >= 15 is 0 Å². The standard InChI is InChI=1S/C18H20N6O/c1-11-21-13-6-5-12(8-14(13)22-11)18(25)24-7-3-4-16(24)15-9-20-10-17(19-2)23-15/h5-6,8-10,16H,3-4,7H2,1-2H3,(H,19,23)(H,21,22). The van der Waals surface area contributed by atoms with Crippen molar-refractivity contribution in [1.82, 2.24) is 24.8 Å². The SMILES string of the molecule is CNc1cncc(C2CCCN2C(=O)c2ccc3nc(C)[nH]c3c2)n1. The minimum absolute atomic E-state index is 0.0216. The van der Waals surface area contributed by atoms with Crippen LogP contribution in [0, 0.1) is 6.92 Å². The number of amides is 1. The van der Waals surface area contributed by atoms with E-state index in [4.69, 9.17) is 0 Å². The lowest BCUT2D eigenvalue weighted by atomic mass is 10.1. The van der Waals surface area contributed by atoms with Gasteiger partial charge in [-0.15, -0.1) is 0 Å². The quantitative estimate of drug-likeness (QED) is 0.768. The van der Waals surface area contributed by atoms with Gasteiger partial charge in [-0.25, -0.2) is 9.97 Å². The number of hydrogen-bond acceptors (Lipinski definition) is 5. The number of hydrogen-bond donors (Lipinski definition) is 2. The monoisotopic (exact) mass is 336 g/mol. The molecule has 1 aliphatic heterocycles. The number of imidazole rings is 1. The number of likely N-dealkylation sites (tertiary alicyclic amines) is 1. The van der Waals surface area contributed by atoms with Crippen LogP contribution in [0.25, 0.3) is 11.0 Å². The van der Waals surface area contributed by atoms with E-state index in [1.165, 1.54) is 0 Å². The summed E-state index contributed by atoms with van der Waals surface area (Å²) in [7, 11) is 1.81. The Kier molecular flexibility index (Phi) is 3.83. The molecule has 4 rings (SSSR count). The van der Waals surface area contributed by atoms with Gasteiger partial charge >= 0.3 is 0 Å². The molecule has 0 saturated carbocycles. The molecular weight excluding hydrogens is 316 g/mol. The summed E-state index contributed by atoms with van der Waals surface area (Å²) in [6, 6.07) is 5.57. The van der Waals surface area contributed by atoms with Gasteiger partial charge in [-0.05, 0) is 38.0 Å². The van der Waals surface area contributed by atoms with Crippen LogP contribution in [-0.2, 0) is 0 Å². The number of benzene rings is 1. The molecule has 3 heterocycles. The third kappa shape index (κ3) is 2.82. The lowest BCUT2D eigenvalue weighted by molar-refractivity contribution is 0.0733. The molecule has 1 aliphatic rings. The van der Waals surface area contributed by atoms with E-state index < -0.39 is 0 Å². The molecule has 1 fully saturated rings. The van der Waals surface area contributed by atoms with Crippen LogP contribution in [-0.4, -0.2) is 44.3 Å². The van der Waals surface area contributed by atoms with Gasteiger partial charge in [0.15, 0.2) is 0 Å². The number of aryl methyl sites for hydroxylation is 1. The van der Waals surface area contributed by atoms with Crippen molar-refractivity contribution in [3.05, 3.63) is 47.7 Å². The average Bonchev–Trinajstić information content (AvgIpc) is 3.26. The van der Waals surface area contributed by atoms with E-state index in [-0.39, 0.29) is 11.9 Å². The zero-order valence-corrected chi connectivity index (χ0v) is 14.3. The number of fused-ring (bicyclic) bond motifs is 1. The van der Waals surface area contributed by atoms with Crippen molar-refractivity contribution in [2.45, 2.75) is 25.8 Å². The Morgan fingerprint density at radius 2 is 2.20 bits per heavy atom. The van der Waals surface area contributed by atoms with Crippen LogP contribution in [0.15, 0.2) is 30.6 Å². The number of anilines is 1. The number of rotatable bonds is 3. The molecule has 7 heteroatoms. The van der Waals surface area contributed by atoms with Crippen molar-refractivity contribution in [2.24, 2.45) is 0 Å². The summed E-state index contributed by atoms with van der Waals surface area (Å²) in [5, 5.41) is 3.00. The normalized spacial score (nSPS) is 17.2. The Labute approximate surface area is 145 Å². The predicted octanol–water partition coefficient (Wildman–Crippen LogP) is 2.68. The maximum atomic E-state index is 13.1. The molecule has 1 saturated heterocycles. The molecule has 25 heavy (non-hydrogen) atoms. The minimum atomic E-state index is -0.0347. The van der Waals surface area contributed by atoms with Crippen LogP contribution in [0.1, 0.15) is 40.8 Å². The number of nitrogens with one attached hydrogen (secondary N) is 2. The van der Waals surface area contributed by atoms with E-state index in [0.29, 0.717) is 11.4 Å². The summed E-state index contributed by atoms with van der Waals surface area (Å²) < 4.78 is 0. The molecule has 0 spiro atoms. The van der Waals surface area contributed by atoms with Gasteiger partial charge in [-0.3, -0.25) is 9.78 Å². The van der Waals surface area contributed by atoms with E-state index in [9.17, 15) is 4.79 Å². The van der Waals surface area contributed by atoms with Crippen molar-refractivity contribution < 1.29 is 4.79 Å². The van der Waals surface area contributed by atoms with Crippen molar-refractivity contribution in [3.8, 4) is 0 Å². The summed E-state index contributed by atoms with van der Waals surface area (Å²) in [5.74, 6) is 1.58. The van der Waals surface area contributed by atoms with Gasteiger partial charge in [0, 0.05) is 19.2 Å². The topological polar surface area (TPSA) is 86.8 Å². The highest BCUT2D eigenvalue weighted by atomic mass is 16.2. The molecule has 1 atom stereocenters. The average molecular weight is 336 g/mol. The van der Waals surface area contributed by atoms with Gasteiger partial charge in [0.05, 0.1) is 35.2 Å². The van der Waals surface area contributed by atoms with Crippen LogP contribution in [0.2, 0.25) is 0 Å². The number of carbonyl (C=O) groups is 1. The van der Waals surface area contributed by atoms with Gasteiger partial charge < -0.3 is 15.2 Å². The van der Waals surface area contributed by atoms with Crippen molar-refractivity contribution in [1.29, 1.82) is 0 Å². The Hall–Kier alpha value is -2.96. The highest BCUT2D eigenvalue weighted by Crippen LogP contribution is 2.32. The van der Waals surface area contributed by atoms with E-state index in [1.54, 1.807) is 12.4 Å². The lowest BCUT2D eigenvalue weighted by Crippen LogP contribution is -2.31. The van der Waals surface area contributed by atoms with Crippen molar-refractivity contribution >= 4 is 22.8 Å². The molecule has 3 aromatic rings. The van der Waals surface area contributed by atoms with Crippen LogP contribution in [0.5, 0.6) is 0 Å². The van der Waals surface area contributed by atoms with E-state index in [0.717, 1.165) is 41.9 Å². The Balaban J connectivity index is 1.65.